The van der Waals surface area contributed by atoms with Crippen LogP contribution < -0.4 is 14.2 Å². The molecule has 0 radical (unpaired) electrons. The van der Waals surface area contributed by atoms with Gasteiger partial charge in [0.05, 0.1) is 21.3 Å². The van der Waals surface area contributed by atoms with Crippen LogP contribution in [-0.4, -0.2) is 31.5 Å². The molecule has 0 aliphatic rings. The first-order valence-corrected chi connectivity index (χ1v) is 6.95. The molecule has 0 spiro atoms. The maximum absolute atomic E-state index is 5.35. The van der Waals surface area contributed by atoms with Crippen LogP contribution in [0.25, 0.3) is 22.8 Å². The summed E-state index contributed by atoms with van der Waals surface area (Å²) in [6.45, 7) is 0. The van der Waals surface area contributed by atoms with Crippen molar-refractivity contribution >= 4 is 0 Å². The summed E-state index contributed by atoms with van der Waals surface area (Å²) in [7, 11) is 4.79. The first-order valence-electron chi connectivity index (χ1n) is 6.95. The Bertz CT molecular complexity index is 797. The summed E-state index contributed by atoms with van der Waals surface area (Å²) in [4.78, 5) is 4.42. The Kier molecular flexibility index (Phi) is 4.14. The Hall–Kier alpha value is -3.02. The highest BCUT2D eigenvalue weighted by Crippen LogP contribution is 2.32. The number of hydrogen-bond acceptors (Lipinski definition) is 6. The Labute approximate surface area is 133 Å². The van der Waals surface area contributed by atoms with Gasteiger partial charge in [-0.15, -0.1) is 0 Å². The van der Waals surface area contributed by atoms with Crippen molar-refractivity contribution in [3.63, 3.8) is 0 Å². The quantitative estimate of drug-likeness (QED) is 0.719. The third-order valence-corrected chi connectivity index (χ3v) is 3.40. The summed E-state index contributed by atoms with van der Waals surface area (Å²) in [6, 6.07) is 12.9. The lowest BCUT2D eigenvalue weighted by Gasteiger charge is -2.07. The first-order chi connectivity index (χ1) is 11.2. The zero-order chi connectivity index (χ0) is 16.2. The number of methoxy groups -OCH3 is 3. The van der Waals surface area contributed by atoms with Gasteiger partial charge in [0.1, 0.15) is 5.75 Å². The van der Waals surface area contributed by atoms with E-state index in [9.17, 15) is 0 Å². The molecule has 0 aliphatic heterocycles. The van der Waals surface area contributed by atoms with Crippen molar-refractivity contribution < 1.29 is 18.7 Å². The zero-order valence-electron chi connectivity index (χ0n) is 13.1. The molecule has 118 valence electrons. The SMILES string of the molecule is COc1ccc(-c2noc(-c3ccc(OC)c(OC)c3)n2)cc1. The number of aromatic nitrogens is 2. The highest BCUT2D eigenvalue weighted by atomic mass is 16.5. The normalized spacial score (nSPS) is 10.4. The second-order valence-corrected chi connectivity index (χ2v) is 4.72. The van der Waals surface area contributed by atoms with Gasteiger partial charge < -0.3 is 18.7 Å². The van der Waals surface area contributed by atoms with E-state index in [-0.39, 0.29) is 0 Å². The number of hydrogen-bond donors (Lipinski definition) is 0. The summed E-state index contributed by atoms with van der Waals surface area (Å²) in [5.41, 5.74) is 1.61. The number of ether oxygens (including phenoxy) is 3. The molecule has 0 saturated carbocycles. The predicted molar refractivity (Wildman–Crippen MR) is 84.8 cm³/mol. The Balaban J connectivity index is 1.92. The van der Waals surface area contributed by atoms with E-state index in [1.807, 2.05) is 30.3 Å². The van der Waals surface area contributed by atoms with E-state index in [1.165, 1.54) is 0 Å². The molecule has 6 heteroatoms. The van der Waals surface area contributed by atoms with Gasteiger partial charge >= 0.3 is 0 Å². The molecule has 0 bridgehead atoms. The van der Waals surface area contributed by atoms with Gasteiger partial charge in [-0.2, -0.15) is 4.98 Å². The van der Waals surface area contributed by atoms with Crippen LogP contribution in [0, 0.1) is 0 Å². The second-order valence-electron chi connectivity index (χ2n) is 4.72. The Morgan fingerprint density at radius 2 is 1.48 bits per heavy atom. The molecule has 0 unspecified atom stereocenters. The van der Waals surface area contributed by atoms with E-state index < -0.39 is 0 Å². The molecule has 1 heterocycles. The van der Waals surface area contributed by atoms with Crippen molar-refractivity contribution in [2.45, 2.75) is 0 Å². The van der Waals surface area contributed by atoms with Crippen molar-refractivity contribution in [3.8, 4) is 40.1 Å². The van der Waals surface area contributed by atoms with Gasteiger partial charge in [-0.05, 0) is 42.5 Å². The van der Waals surface area contributed by atoms with Crippen molar-refractivity contribution in [2.24, 2.45) is 0 Å². The van der Waals surface area contributed by atoms with Gasteiger partial charge in [0.15, 0.2) is 11.5 Å². The average Bonchev–Trinajstić information content (AvgIpc) is 3.11. The number of benzene rings is 2. The van der Waals surface area contributed by atoms with Crippen LogP contribution in [0.1, 0.15) is 0 Å². The van der Waals surface area contributed by atoms with Gasteiger partial charge in [0.25, 0.3) is 5.89 Å². The minimum Gasteiger partial charge on any atom is -0.497 e. The smallest absolute Gasteiger partial charge is 0.258 e. The van der Waals surface area contributed by atoms with Crippen LogP contribution in [0.5, 0.6) is 17.2 Å². The topological polar surface area (TPSA) is 66.6 Å². The molecular formula is C17H16N2O4. The molecule has 0 fully saturated rings. The fraction of sp³-hybridized carbons (Fsp3) is 0.176. The van der Waals surface area contributed by atoms with Crippen LogP contribution in [0.2, 0.25) is 0 Å². The summed E-state index contributed by atoms with van der Waals surface area (Å²) in [5, 5.41) is 4.02. The third-order valence-electron chi connectivity index (χ3n) is 3.40. The minimum atomic E-state index is 0.414. The number of nitrogens with zero attached hydrogens (tertiary/aromatic N) is 2. The molecule has 23 heavy (non-hydrogen) atoms. The predicted octanol–water partition coefficient (Wildman–Crippen LogP) is 3.43. The van der Waals surface area contributed by atoms with E-state index in [4.69, 9.17) is 18.7 Å². The lowest BCUT2D eigenvalue weighted by molar-refractivity contribution is 0.355. The van der Waals surface area contributed by atoms with Crippen LogP contribution in [0.15, 0.2) is 47.0 Å². The minimum absolute atomic E-state index is 0.414. The van der Waals surface area contributed by atoms with Gasteiger partial charge in [0.2, 0.25) is 5.82 Å². The highest BCUT2D eigenvalue weighted by Gasteiger charge is 2.13. The van der Waals surface area contributed by atoms with Crippen molar-refractivity contribution in [2.75, 3.05) is 21.3 Å². The van der Waals surface area contributed by atoms with Gasteiger partial charge in [-0.3, -0.25) is 0 Å². The van der Waals surface area contributed by atoms with E-state index in [2.05, 4.69) is 10.1 Å². The molecular weight excluding hydrogens is 296 g/mol. The van der Waals surface area contributed by atoms with E-state index in [1.54, 1.807) is 33.5 Å². The fourth-order valence-electron chi connectivity index (χ4n) is 2.17. The standard InChI is InChI=1S/C17H16N2O4/c1-20-13-7-4-11(5-8-13)16-18-17(23-19-16)12-6-9-14(21-2)15(10-12)22-3/h4-10H,1-3H3. The van der Waals surface area contributed by atoms with Crippen LogP contribution in [-0.2, 0) is 0 Å². The molecule has 3 aromatic rings. The number of rotatable bonds is 5. The molecule has 2 aromatic carbocycles. The summed E-state index contributed by atoms with van der Waals surface area (Å²) < 4.78 is 21.0. The molecule has 0 amide bonds. The van der Waals surface area contributed by atoms with Gasteiger partial charge in [0, 0.05) is 11.1 Å². The molecule has 6 nitrogen and oxygen atoms in total. The average molecular weight is 312 g/mol. The monoisotopic (exact) mass is 312 g/mol. The summed E-state index contributed by atoms with van der Waals surface area (Å²) >= 11 is 0. The van der Waals surface area contributed by atoms with Gasteiger partial charge in [-0.1, -0.05) is 5.16 Å². The van der Waals surface area contributed by atoms with Crippen molar-refractivity contribution in [1.82, 2.24) is 10.1 Å². The molecule has 0 N–H and O–H groups in total. The second kappa shape index (κ2) is 6.39. The van der Waals surface area contributed by atoms with Crippen LogP contribution in [0.4, 0.5) is 0 Å². The molecule has 1 aromatic heterocycles. The Morgan fingerprint density at radius 3 is 2.13 bits per heavy atom. The third kappa shape index (κ3) is 2.96. The van der Waals surface area contributed by atoms with E-state index in [0.29, 0.717) is 23.2 Å². The fourth-order valence-corrected chi connectivity index (χ4v) is 2.17. The van der Waals surface area contributed by atoms with Crippen molar-refractivity contribution in [1.29, 1.82) is 0 Å². The van der Waals surface area contributed by atoms with Gasteiger partial charge in [-0.25, -0.2) is 0 Å². The summed E-state index contributed by atoms with van der Waals surface area (Å²) in [5.74, 6) is 2.95. The lowest BCUT2D eigenvalue weighted by Crippen LogP contribution is -1.91. The molecule has 0 atom stereocenters. The lowest BCUT2D eigenvalue weighted by atomic mass is 10.2. The maximum Gasteiger partial charge on any atom is 0.258 e. The van der Waals surface area contributed by atoms with Crippen LogP contribution >= 0.6 is 0 Å². The zero-order valence-corrected chi connectivity index (χ0v) is 13.1. The molecule has 3 rings (SSSR count). The maximum atomic E-state index is 5.35. The van der Waals surface area contributed by atoms with Crippen molar-refractivity contribution in [3.05, 3.63) is 42.5 Å². The molecule has 0 aliphatic carbocycles. The van der Waals surface area contributed by atoms with Crippen LogP contribution in [0.3, 0.4) is 0 Å². The van der Waals surface area contributed by atoms with E-state index in [0.717, 1.165) is 16.9 Å². The molecule has 0 saturated heterocycles. The first kappa shape index (κ1) is 14.9. The largest absolute Gasteiger partial charge is 0.497 e. The van der Waals surface area contributed by atoms with E-state index >= 15 is 0 Å². The Morgan fingerprint density at radius 1 is 0.783 bits per heavy atom. The highest BCUT2D eigenvalue weighted by molar-refractivity contribution is 5.63. The summed E-state index contributed by atoms with van der Waals surface area (Å²) in [6.07, 6.45) is 0.